The third kappa shape index (κ3) is 5.26. The molecule has 0 aliphatic heterocycles. The molecule has 184 valence electrons. The first-order valence-electron chi connectivity index (χ1n) is 11.5. The van der Waals surface area contributed by atoms with Crippen LogP contribution in [0.1, 0.15) is 33.1 Å². The lowest BCUT2D eigenvalue weighted by Gasteiger charge is -2.22. The molecule has 4 rings (SSSR count). The number of anilines is 1. The van der Waals surface area contributed by atoms with E-state index in [1.807, 2.05) is 61.5 Å². The maximum atomic E-state index is 13.2. The van der Waals surface area contributed by atoms with Gasteiger partial charge in [0, 0.05) is 12.6 Å². The largest absolute Gasteiger partial charge is 0.497 e. The van der Waals surface area contributed by atoms with Gasteiger partial charge in [0.2, 0.25) is 0 Å². The molecule has 0 spiro atoms. The number of nitrogens with zero attached hydrogens (tertiary/aromatic N) is 1. The van der Waals surface area contributed by atoms with Crippen molar-refractivity contribution in [1.82, 2.24) is 5.32 Å². The Morgan fingerprint density at radius 2 is 1.44 bits per heavy atom. The fourth-order valence-corrected chi connectivity index (χ4v) is 5.17. The first-order chi connectivity index (χ1) is 17.3. The summed E-state index contributed by atoms with van der Waals surface area (Å²) in [5.74, 6) is 0.325. The van der Waals surface area contributed by atoms with Crippen molar-refractivity contribution in [2.75, 3.05) is 18.5 Å². The first kappa shape index (κ1) is 25.0. The second-order valence-corrected chi connectivity index (χ2v) is 10.3. The lowest BCUT2D eigenvalue weighted by atomic mass is 9.94. The molecule has 0 fully saturated rings. The molecule has 7 heteroatoms. The van der Waals surface area contributed by atoms with Gasteiger partial charge in [-0.1, -0.05) is 54.6 Å². The van der Waals surface area contributed by atoms with Gasteiger partial charge in [0.25, 0.3) is 15.9 Å². The van der Waals surface area contributed by atoms with Crippen LogP contribution in [0.3, 0.4) is 0 Å². The van der Waals surface area contributed by atoms with E-state index < -0.39 is 10.0 Å². The van der Waals surface area contributed by atoms with Crippen molar-refractivity contribution in [2.45, 2.75) is 17.9 Å². The quantitative estimate of drug-likeness (QED) is 0.354. The average molecular weight is 501 g/mol. The van der Waals surface area contributed by atoms with Crippen LogP contribution in [0.25, 0.3) is 0 Å². The summed E-state index contributed by atoms with van der Waals surface area (Å²) >= 11 is 0. The van der Waals surface area contributed by atoms with Crippen LogP contribution in [0.5, 0.6) is 5.75 Å². The summed E-state index contributed by atoms with van der Waals surface area (Å²) in [5.41, 5.74) is 3.94. The molecular weight excluding hydrogens is 472 g/mol. The lowest BCUT2D eigenvalue weighted by molar-refractivity contribution is 0.0943. The number of carbonyl (C=O) groups is 1. The van der Waals surface area contributed by atoms with Gasteiger partial charge >= 0.3 is 0 Å². The molecule has 4 aromatic carbocycles. The van der Waals surface area contributed by atoms with Crippen LogP contribution in [0.4, 0.5) is 5.69 Å². The van der Waals surface area contributed by atoms with E-state index in [0.717, 1.165) is 16.7 Å². The minimum absolute atomic E-state index is 0.150. The molecule has 1 amide bonds. The van der Waals surface area contributed by atoms with Crippen molar-refractivity contribution < 1.29 is 17.9 Å². The van der Waals surface area contributed by atoms with Crippen LogP contribution in [-0.4, -0.2) is 28.5 Å². The second-order valence-electron chi connectivity index (χ2n) is 8.37. The number of benzene rings is 4. The highest BCUT2D eigenvalue weighted by Gasteiger charge is 2.23. The molecule has 1 atom stereocenters. The number of sulfonamides is 1. The average Bonchev–Trinajstić information content (AvgIpc) is 2.92. The van der Waals surface area contributed by atoms with Crippen LogP contribution in [-0.2, 0) is 10.0 Å². The summed E-state index contributed by atoms with van der Waals surface area (Å²) in [6.07, 6.45) is 0. The van der Waals surface area contributed by atoms with E-state index in [1.165, 1.54) is 30.6 Å². The molecule has 4 aromatic rings. The number of carbonyl (C=O) groups excluding carboxylic acids is 1. The molecule has 36 heavy (non-hydrogen) atoms. The van der Waals surface area contributed by atoms with Crippen LogP contribution >= 0.6 is 0 Å². The Morgan fingerprint density at radius 1 is 0.833 bits per heavy atom. The fourth-order valence-electron chi connectivity index (χ4n) is 3.98. The van der Waals surface area contributed by atoms with Gasteiger partial charge in [0.15, 0.2) is 0 Å². The molecule has 0 aliphatic rings. The van der Waals surface area contributed by atoms with Crippen molar-refractivity contribution in [3.63, 3.8) is 0 Å². The summed E-state index contributed by atoms with van der Waals surface area (Å²) in [4.78, 5) is 13.4. The number of hydrogen-bond acceptors (Lipinski definition) is 4. The maximum absolute atomic E-state index is 13.2. The molecule has 0 saturated heterocycles. The molecule has 0 aliphatic carbocycles. The molecule has 0 bridgehead atoms. The highest BCUT2D eigenvalue weighted by atomic mass is 32.2. The predicted octanol–water partition coefficient (Wildman–Crippen LogP) is 5.35. The van der Waals surface area contributed by atoms with Crippen molar-refractivity contribution in [3.8, 4) is 5.75 Å². The molecule has 0 radical (unpaired) electrons. The lowest BCUT2D eigenvalue weighted by Crippen LogP contribution is -2.30. The Kier molecular flexibility index (Phi) is 7.41. The van der Waals surface area contributed by atoms with Crippen molar-refractivity contribution in [2.24, 2.45) is 0 Å². The van der Waals surface area contributed by atoms with Crippen LogP contribution in [0.2, 0.25) is 0 Å². The maximum Gasteiger partial charge on any atom is 0.264 e. The zero-order chi connectivity index (χ0) is 25.7. The Labute approximate surface area is 212 Å². The number of amides is 1. The fraction of sp³-hybridized carbons (Fsp3) is 0.138. The van der Waals surface area contributed by atoms with Gasteiger partial charge < -0.3 is 10.1 Å². The van der Waals surface area contributed by atoms with Gasteiger partial charge in [0.1, 0.15) is 5.75 Å². The van der Waals surface area contributed by atoms with E-state index in [1.54, 1.807) is 36.4 Å². The highest BCUT2D eigenvalue weighted by molar-refractivity contribution is 7.92. The molecule has 0 saturated carbocycles. The van der Waals surface area contributed by atoms with Crippen molar-refractivity contribution in [3.05, 3.63) is 125 Å². The van der Waals surface area contributed by atoms with Crippen LogP contribution in [0, 0.1) is 6.92 Å². The Morgan fingerprint density at radius 3 is 2.06 bits per heavy atom. The van der Waals surface area contributed by atoms with Gasteiger partial charge in [-0.15, -0.1) is 0 Å². The van der Waals surface area contributed by atoms with E-state index in [9.17, 15) is 13.2 Å². The molecular formula is C29H28N2O4S. The molecule has 0 heterocycles. The van der Waals surface area contributed by atoms with Crippen LogP contribution in [0.15, 0.2) is 108 Å². The summed E-state index contributed by atoms with van der Waals surface area (Å²) in [7, 11) is -0.760. The van der Waals surface area contributed by atoms with Crippen LogP contribution < -0.4 is 14.4 Å². The number of rotatable bonds is 8. The molecule has 1 N–H and O–H groups in total. The molecule has 6 nitrogen and oxygen atoms in total. The normalized spacial score (nSPS) is 12.0. The van der Waals surface area contributed by atoms with E-state index in [-0.39, 0.29) is 16.8 Å². The van der Waals surface area contributed by atoms with E-state index >= 15 is 0 Å². The molecule has 0 unspecified atom stereocenters. The van der Waals surface area contributed by atoms with Gasteiger partial charge in [0.05, 0.1) is 23.7 Å². The zero-order valence-corrected chi connectivity index (χ0v) is 21.2. The minimum atomic E-state index is -3.77. The minimum Gasteiger partial charge on any atom is -0.497 e. The van der Waals surface area contributed by atoms with Gasteiger partial charge in [-0.25, -0.2) is 8.42 Å². The predicted molar refractivity (Wildman–Crippen MR) is 142 cm³/mol. The standard InChI is InChI=1S/C29H28N2O4S/c1-21-9-7-8-12-27(21)28(22-10-5-4-6-11-22)30-29(32)23-13-15-24(16-14-23)31(2)36(33,34)26-19-17-25(35-3)18-20-26/h4-20,28H,1-3H3,(H,30,32)/t28-/m1/s1. The topological polar surface area (TPSA) is 75.7 Å². The number of aryl methyl sites for hydroxylation is 1. The Hall–Kier alpha value is -4.10. The Bertz CT molecular complexity index is 1440. The summed E-state index contributed by atoms with van der Waals surface area (Å²) in [5, 5.41) is 3.14. The SMILES string of the molecule is COc1ccc(S(=O)(=O)N(C)c2ccc(C(=O)N[C@H](c3ccccc3)c3ccccc3C)cc2)cc1. The number of ether oxygens (including phenoxy) is 1. The van der Waals surface area contributed by atoms with Crippen molar-refractivity contribution in [1.29, 1.82) is 0 Å². The first-order valence-corrected chi connectivity index (χ1v) is 12.9. The van der Waals surface area contributed by atoms with Gasteiger partial charge in [-0.05, 0) is 72.1 Å². The summed E-state index contributed by atoms with van der Waals surface area (Å²) in [6.45, 7) is 2.02. The summed E-state index contributed by atoms with van der Waals surface area (Å²) < 4.78 is 32.4. The van der Waals surface area contributed by atoms with Gasteiger partial charge in [-0.3, -0.25) is 9.10 Å². The van der Waals surface area contributed by atoms with E-state index in [0.29, 0.717) is 17.0 Å². The highest BCUT2D eigenvalue weighted by Crippen LogP contribution is 2.27. The number of methoxy groups -OCH3 is 1. The third-order valence-corrected chi connectivity index (χ3v) is 7.92. The second kappa shape index (κ2) is 10.7. The van der Waals surface area contributed by atoms with Gasteiger partial charge in [-0.2, -0.15) is 0 Å². The molecule has 0 aromatic heterocycles. The monoisotopic (exact) mass is 500 g/mol. The van der Waals surface area contributed by atoms with E-state index in [2.05, 4.69) is 5.32 Å². The van der Waals surface area contributed by atoms with Crippen molar-refractivity contribution >= 4 is 21.6 Å². The van der Waals surface area contributed by atoms with E-state index in [4.69, 9.17) is 4.74 Å². The number of hydrogen-bond donors (Lipinski definition) is 1. The summed E-state index contributed by atoms with van der Waals surface area (Å²) in [6, 6.07) is 30.2. The smallest absolute Gasteiger partial charge is 0.264 e. The zero-order valence-electron chi connectivity index (χ0n) is 20.4. The third-order valence-electron chi connectivity index (χ3n) is 6.12. The Balaban J connectivity index is 1.56. The number of nitrogens with one attached hydrogen (secondary N) is 1.